The van der Waals surface area contributed by atoms with Crippen molar-refractivity contribution < 1.29 is 18.4 Å². The second-order valence-corrected chi connectivity index (χ2v) is 5.56. The fourth-order valence-electron chi connectivity index (χ4n) is 2.52. The number of hydrogen-bond acceptors (Lipinski definition) is 4. The molecular formula is C18H18F2N2O2. The maximum atomic E-state index is 13.6. The van der Waals surface area contributed by atoms with Crippen molar-refractivity contribution in [1.29, 1.82) is 0 Å². The molecule has 1 heterocycles. The minimum absolute atomic E-state index is 0.106. The fraction of sp³-hybridized carbons (Fsp3) is 0.278. The molecule has 1 aliphatic rings. The van der Waals surface area contributed by atoms with Crippen molar-refractivity contribution in [2.45, 2.75) is 19.1 Å². The molecule has 0 saturated carbocycles. The van der Waals surface area contributed by atoms with Gasteiger partial charge in [0.25, 0.3) is 0 Å². The second-order valence-electron chi connectivity index (χ2n) is 5.56. The highest BCUT2D eigenvalue weighted by atomic mass is 19.1. The molecule has 6 heteroatoms. The molecule has 126 valence electrons. The maximum absolute atomic E-state index is 13.6. The Morgan fingerprint density at radius 1 is 1.21 bits per heavy atom. The van der Waals surface area contributed by atoms with Crippen LogP contribution in [0.2, 0.25) is 0 Å². The van der Waals surface area contributed by atoms with Crippen molar-refractivity contribution >= 4 is 5.71 Å². The van der Waals surface area contributed by atoms with Crippen molar-refractivity contribution in [2.24, 2.45) is 5.16 Å². The Balaban J connectivity index is 1.48. The summed E-state index contributed by atoms with van der Waals surface area (Å²) in [7, 11) is 1.62. The van der Waals surface area contributed by atoms with Gasteiger partial charge in [-0.15, -0.1) is 0 Å². The van der Waals surface area contributed by atoms with Crippen molar-refractivity contribution in [3.05, 3.63) is 65.2 Å². The predicted molar refractivity (Wildman–Crippen MR) is 87.1 cm³/mol. The molecule has 0 bridgehead atoms. The van der Waals surface area contributed by atoms with Crippen LogP contribution >= 0.6 is 0 Å². The smallest absolute Gasteiger partial charge is 0.145 e. The van der Waals surface area contributed by atoms with Crippen LogP contribution in [0.15, 0.2) is 47.6 Å². The molecule has 1 atom stereocenters. The van der Waals surface area contributed by atoms with Crippen LogP contribution in [-0.2, 0) is 11.4 Å². The van der Waals surface area contributed by atoms with Crippen LogP contribution in [0.3, 0.4) is 0 Å². The lowest BCUT2D eigenvalue weighted by molar-refractivity contribution is 0.0848. The summed E-state index contributed by atoms with van der Waals surface area (Å²) in [6.07, 6.45) is 0.566. The molecule has 0 radical (unpaired) electrons. The van der Waals surface area contributed by atoms with Gasteiger partial charge in [-0.1, -0.05) is 11.2 Å². The zero-order valence-electron chi connectivity index (χ0n) is 13.3. The van der Waals surface area contributed by atoms with Crippen LogP contribution in [-0.4, -0.2) is 25.5 Å². The van der Waals surface area contributed by atoms with Gasteiger partial charge < -0.3 is 14.9 Å². The normalized spacial score (nSPS) is 16.6. The highest BCUT2D eigenvalue weighted by Crippen LogP contribution is 2.19. The number of oxime groups is 1. The van der Waals surface area contributed by atoms with E-state index in [9.17, 15) is 8.78 Å². The van der Waals surface area contributed by atoms with Gasteiger partial charge in [-0.3, -0.25) is 0 Å². The standard InChI is InChI=1S/C18H18F2N2O2/c1-23-15-6-3-12(4-7-15)18-9-16(24-22-18)11-21-10-13-2-5-14(19)8-17(13)20/h2-8,16,21H,9-11H2,1H3/t16-/m0/s1. The Bertz CT molecular complexity index is 732. The van der Waals surface area contributed by atoms with Gasteiger partial charge in [0.1, 0.15) is 23.5 Å². The van der Waals surface area contributed by atoms with Crippen molar-refractivity contribution in [1.82, 2.24) is 5.32 Å². The minimum atomic E-state index is -0.576. The number of methoxy groups -OCH3 is 1. The lowest BCUT2D eigenvalue weighted by atomic mass is 10.0. The molecule has 3 rings (SSSR count). The van der Waals surface area contributed by atoms with E-state index in [2.05, 4.69) is 10.5 Å². The van der Waals surface area contributed by atoms with E-state index in [-0.39, 0.29) is 6.10 Å². The van der Waals surface area contributed by atoms with Gasteiger partial charge in [-0.25, -0.2) is 8.78 Å². The van der Waals surface area contributed by atoms with E-state index in [1.807, 2.05) is 24.3 Å². The predicted octanol–water partition coefficient (Wildman–Crippen LogP) is 3.26. The molecule has 0 saturated heterocycles. The molecule has 4 nitrogen and oxygen atoms in total. The van der Waals surface area contributed by atoms with Crippen LogP contribution in [0.1, 0.15) is 17.5 Å². The second kappa shape index (κ2) is 7.40. The summed E-state index contributed by atoms with van der Waals surface area (Å²) < 4.78 is 31.5. The molecule has 1 aliphatic heterocycles. The highest BCUT2D eigenvalue weighted by molar-refractivity contribution is 6.01. The van der Waals surface area contributed by atoms with Gasteiger partial charge in [0, 0.05) is 31.1 Å². The SMILES string of the molecule is COc1ccc(C2=NO[C@H](CNCc3ccc(F)cc3F)C2)cc1. The Hall–Kier alpha value is -2.47. The van der Waals surface area contributed by atoms with Crippen LogP contribution < -0.4 is 10.1 Å². The van der Waals surface area contributed by atoms with Gasteiger partial charge in [-0.2, -0.15) is 0 Å². The number of nitrogens with one attached hydrogen (secondary N) is 1. The largest absolute Gasteiger partial charge is 0.497 e. The molecule has 24 heavy (non-hydrogen) atoms. The van der Waals surface area contributed by atoms with Crippen LogP contribution in [0.4, 0.5) is 8.78 Å². The first-order valence-electron chi connectivity index (χ1n) is 7.67. The Morgan fingerprint density at radius 2 is 2.00 bits per heavy atom. The summed E-state index contributed by atoms with van der Waals surface area (Å²) in [5.41, 5.74) is 2.28. The summed E-state index contributed by atoms with van der Waals surface area (Å²) >= 11 is 0. The zero-order valence-corrected chi connectivity index (χ0v) is 13.3. The van der Waals surface area contributed by atoms with E-state index in [4.69, 9.17) is 9.57 Å². The van der Waals surface area contributed by atoms with Crippen molar-refractivity contribution in [3.63, 3.8) is 0 Å². The van der Waals surface area contributed by atoms with Crippen LogP contribution in [0, 0.1) is 11.6 Å². The number of benzene rings is 2. The van der Waals surface area contributed by atoms with E-state index in [1.54, 1.807) is 7.11 Å². The van der Waals surface area contributed by atoms with E-state index >= 15 is 0 Å². The molecule has 0 unspecified atom stereocenters. The quantitative estimate of drug-likeness (QED) is 0.883. The van der Waals surface area contributed by atoms with Gasteiger partial charge >= 0.3 is 0 Å². The molecule has 0 fully saturated rings. The van der Waals surface area contributed by atoms with E-state index in [0.29, 0.717) is 25.1 Å². The van der Waals surface area contributed by atoms with E-state index in [1.165, 1.54) is 12.1 Å². The summed E-state index contributed by atoms with van der Waals surface area (Å²) in [4.78, 5) is 5.40. The van der Waals surface area contributed by atoms with Crippen LogP contribution in [0.25, 0.3) is 0 Å². The highest BCUT2D eigenvalue weighted by Gasteiger charge is 2.21. The summed E-state index contributed by atoms with van der Waals surface area (Å²) in [6, 6.07) is 11.2. The Kier molecular flexibility index (Phi) is 5.05. The molecule has 0 spiro atoms. The molecular weight excluding hydrogens is 314 g/mol. The summed E-state index contributed by atoms with van der Waals surface area (Å²) in [5, 5.41) is 7.22. The van der Waals surface area contributed by atoms with E-state index in [0.717, 1.165) is 23.1 Å². The first-order valence-corrected chi connectivity index (χ1v) is 7.67. The topological polar surface area (TPSA) is 42.9 Å². The molecule has 1 N–H and O–H groups in total. The number of rotatable bonds is 6. The monoisotopic (exact) mass is 332 g/mol. The summed E-state index contributed by atoms with van der Waals surface area (Å²) in [6.45, 7) is 0.837. The number of hydrogen-bond donors (Lipinski definition) is 1. The van der Waals surface area contributed by atoms with Crippen LogP contribution in [0.5, 0.6) is 5.75 Å². The number of ether oxygens (including phenoxy) is 1. The third-order valence-electron chi connectivity index (χ3n) is 3.86. The third kappa shape index (κ3) is 3.89. The van der Waals surface area contributed by atoms with Crippen molar-refractivity contribution in [3.8, 4) is 5.75 Å². The molecule has 2 aromatic rings. The molecule has 2 aromatic carbocycles. The fourth-order valence-corrected chi connectivity index (χ4v) is 2.52. The molecule has 0 aliphatic carbocycles. The third-order valence-corrected chi connectivity index (χ3v) is 3.86. The average Bonchev–Trinajstić information content (AvgIpc) is 3.06. The first-order chi connectivity index (χ1) is 11.7. The number of nitrogens with zero attached hydrogens (tertiary/aromatic N) is 1. The van der Waals surface area contributed by atoms with Gasteiger partial charge in [0.05, 0.1) is 12.8 Å². The average molecular weight is 332 g/mol. The van der Waals surface area contributed by atoms with Gasteiger partial charge in [0.2, 0.25) is 0 Å². The number of halogens is 2. The Morgan fingerprint density at radius 3 is 2.71 bits per heavy atom. The van der Waals surface area contributed by atoms with E-state index < -0.39 is 11.6 Å². The van der Waals surface area contributed by atoms with Gasteiger partial charge in [-0.05, 0) is 35.9 Å². The Labute approximate surface area is 139 Å². The zero-order chi connectivity index (χ0) is 16.9. The lowest BCUT2D eigenvalue weighted by Gasteiger charge is -2.10. The lowest BCUT2D eigenvalue weighted by Crippen LogP contribution is -2.27. The maximum Gasteiger partial charge on any atom is 0.145 e. The summed E-state index contributed by atoms with van der Waals surface area (Å²) in [5.74, 6) is -0.337. The minimum Gasteiger partial charge on any atom is -0.497 e. The molecule has 0 amide bonds. The molecule has 0 aromatic heterocycles. The van der Waals surface area contributed by atoms with Gasteiger partial charge in [0.15, 0.2) is 0 Å². The first kappa shape index (κ1) is 16.4. The van der Waals surface area contributed by atoms with Crippen molar-refractivity contribution in [2.75, 3.05) is 13.7 Å².